The van der Waals surface area contributed by atoms with Gasteiger partial charge in [0.05, 0.1) is 10.7 Å². The molecule has 0 heterocycles. The number of carbonyl (C=O) groups is 1. The summed E-state index contributed by atoms with van der Waals surface area (Å²) in [4.78, 5) is 10.6. The first-order chi connectivity index (χ1) is 6.50. The average molecular weight is 236 g/mol. The first-order valence-electron chi connectivity index (χ1n) is 3.59. The van der Waals surface area contributed by atoms with Crippen LogP contribution in [0.2, 0.25) is 5.02 Å². The number of rotatable bonds is 3. The van der Waals surface area contributed by atoms with Crippen molar-refractivity contribution < 1.29 is 14.3 Å². The number of carboxylic acid groups (broad SMARTS) is 1. The van der Waals surface area contributed by atoms with Crippen LogP contribution in [-0.4, -0.2) is 16.6 Å². The van der Waals surface area contributed by atoms with Gasteiger partial charge in [0.2, 0.25) is 5.50 Å². The smallest absolute Gasteiger partial charge is 0.349 e. The molecule has 14 heavy (non-hydrogen) atoms. The van der Waals surface area contributed by atoms with Gasteiger partial charge in [-0.2, -0.15) is 0 Å². The Morgan fingerprint density at radius 3 is 2.79 bits per heavy atom. The van der Waals surface area contributed by atoms with E-state index in [1.165, 1.54) is 18.2 Å². The second-order valence-electron chi connectivity index (χ2n) is 2.46. The number of carboxylic acids is 1. The zero-order valence-corrected chi connectivity index (χ0v) is 8.48. The molecule has 0 bridgehead atoms. The van der Waals surface area contributed by atoms with Crippen molar-refractivity contribution in [2.45, 2.75) is 10.4 Å². The van der Waals surface area contributed by atoms with Crippen molar-refractivity contribution in [2.75, 3.05) is 5.73 Å². The van der Waals surface area contributed by atoms with Gasteiger partial charge >= 0.3 is 5.97 Å². The van der Waals surface area contributed by atoms with E-state index in [1.54, 1.807) is 0 Å². The molecule has 1 atom stereocenters. The molecule has 1 rings (SSSR count). The number of thioether (sulfide) groups is 1. The van der Waals surface area contributed by atoms with Crippen LogP contribution in [0.3, 0.4) is 0 Å². The molecule has 0 saturated heterocycles. The van der Waals surface area contributed by atoms with Crippen LogP contribution in [0.1, 0.15) is 0 Å². The molecule has 0 saturated carbocycles. The van der Waals surface area contributed by atoms with Gasteiger partial charge in [0.25, 0.3) is 0 Å². The van der Waals surface area contributed by atoms with Crippen LogP contribution in [0.15, 0.2) is 23.1 Å². The fourth-order valence-corrected chi connectivity index (χ4v) is 1.67. The number of hydrogen-bond acceptors (Lipinski definition) is 3. The number of benzene rings is 1. The third-order valence-electron chi connectivity index (χ3n) is 1.41. The Morgan fingerprint density at radius 2 is 2.29 bits per heavy atom. The van der Waals surface area contributed by atoms with Crippen LogP contribution in [-0.2, 0) is 4.79 Å². The fraction of sp³-hybridized carbons (Fsp3) is 0.125. The van der Waals surface area contributed by atoms with E-state index in [1.807, 2.05) is 0 Å². The van der Waals surface area contributed by atoms with E-state index >= 15 is 0 Å². The maximum Gasteiger partial charge on any atom is 0.349 e. The van der Waals surface area contributed by atoms with Gasteiger partial charge in [0.15, 0.2) is 0 Å². The Hall–Kier alpha value is -0.940. The number of alkyl halides is 1. The third-order valence-corrected chi connectivity index (χ3v) is 2.67. The van der Waals surface area contributed by atoms with Gasteiger partial charge in [-0.15, -0.1) is 0 Å². The van der Waals surface area contributed by atoms with Crippen LogP contribution >= 0.6 is 23.4 Å². The minimum absolute atomic E-state index is 0.285. The van der Waals surface area contributed by atoms with Crippen LogP contribution < -0.4 is 5.73 Å². The quantitative estimate of drug-likeness (QED) is 0.624. The predicted molar refractivity (Wildman–Crippen MR) is 54.3 cm³/mol. The number of nitrogen functional groups attached to an aromatic ring is 1. The second kappa shape index (κ2) is 4.52. The van der Waals surface area contributed by atoms with Gasteiger partial charge in [0.1, 0.15) is 0 Å². The number of nitrogens with two attached hydrogens (primary N) is 1. The van der Waals surface area contributed by atoms with E-state index in [2.05, 4.69) is 0 Å². The molecule has 6 heteroatoms. The summed E-state index contributed by atoms with van der Waals surface area (Å²) in [5, 5.41) is 8.60. The fourth-order valence-electron chi connectivity index (χ4n) is 0.751. The van der Waals surface area contributed by atoms with Gasteiger partial charge in [-0.1, -0.05) is 23.4 Å². The predicted octanol–water partition coefficient (Wildman–Crippen LogP) is 2.39. The highest BCUT2D eigenvalue weighted by Gasteiger charge is 2.17. The molecular weight excluding hydrogens is 229 g/mol. The SMILES string of the molecule is Nc1ccc(SC(F)C(=O)O)cc1Cl. The third kappa shape index (κ3) is 2.78. The Balaban J connectivity index is 2.78. The van der Waals surface area contributed by atoms with Crippen LogP contribution in [0.4, 0.5) is 10.1 Å². The molecule has 0 fully saturated rings. The molecule has 0 radical (unpaired) electrons. The molecule has 0 aromatic heterocycles. The molecule has 1 aromatic carbocycles. The molecule has 0 aliphatic carbocycles. The van der Waals surface area contributed by atoms with E-state index in [-0.39, 0.29) is 5.02 Å². The zero-order valence-electron chi connectivity index (χ0n) is 6.91. The minimum Gasteiger partial charge on any atom is -0.478 e. The summed E-state index contributed by atoms with van der Waals surface area (Å²) in [6, 6.07) is 4.44. The van der Waals surface area contributed by atoms with E-state index in [0.29, 0.717) is 22.3 Å². The zero-order chi connectivity index (χ0) is 10.7. The van der Waals surface area contributed by atoms with Gasteiger partial charge in [-0.25, -0.2) is 9.18 Å². The molecule has 0 spiro atoms. The van der Waals surface area contributed by atoms with E-state index in [4.69, 9.17) is 22.4 Å². The molecule has 76 valence electrons. The topological polar surface area (TPSA) is 63.3 Å². The molecule has 0 aliphatic heterocycles. The van der Waals surface area contributed by atoms with Gasteiger partial charge in [-0.3, -0.25) is 0 Å². The molecule has 0 amide bonds. The summed E-state index contributed by atoms with van der Waals surface area (Å²) in [5.74, 6) is -1.51. The number of aliphatic carboxylic acids is 1. The monoisotopic (exact) mass is 235 g/mol. The van der Waals surface area contributed by atoms with Crippen LogP contribution in [0, 0.1) is 0 Å². The maximum absolute atomic E-state index is 12.7. The highest BCUT2D eigenvalue weighted by Crippen LogP contribution is 2.29. The summed E-state index contributed by atoms with van der Waals surface area (Å²) in [6.07, 6.45) is 0. The Bertz CT molecular complexity index is 361. The Morgan fingerprint density at radius 1 is 1.64 bits per heavy atom. The first kappa shape index (κ1) is 11.1. The van der Waals surface area contributed by atoms with E-state index in [9.17, 15) is 9.18 Å². The van der Waals surface area contributed by atoms with Crippen molar-refractivity contribution in [3.63, 3.8) is 0 Å². The lowest BCUT2D eigenvalue weighted by Crippen LogP contribution is -2.09. The number of hydrogen-bond donors (Lipinski definition) is 2. The van der Waals surface area contributed by atoms with Crippen molar-refractivity contribution in [1.29, 1.82) is 0 Å². The molecular formula is C8H7ClFNO2S. The van der Waals surface area contributed by atoms with Crippen molar-refractivity contribution in [2.24, 2.45) is 0 Å². The lowest BCUT2D eigenvalue weighted by atomic mass is 10.3. The van der Waals surface area contributed by atoms with E-state index in [0.717, 1.165) is 0 Å². The van der Waals surface area contributed by atoms with Gasteiger partial charge in [-0.05, 0) is 18.2 Å². The van der Waals surface area contributed by atoms with Crippen molar-refractivity contribution >= 4 is 35.0 Å². The molecule has 0 aliphatic rings. The summed E-state index contributed by atoms with van der Waals surface area (Å²) in [5.41, 5.74) is 3.81. The van der Waals surface area contributed by atoms with Crippen LogP contribution in [0.25, 0.3) is 0 Å². The lowest BCUT2D eigenvalue weighted by Gasteiger charge is -2.04. The summed E-state index contributed by atoms with van der Waals surface area (Å²) < 4.78 is 12.7. The second-order valence-corrected chi connectivity index (χ2v) is 3.98. The number of anilines is 1. The number of halogens is 2. The minimum atomic E-state index is -1.99. The first-order valence-corrected chi connectivity index (χ1v) is 4.85. The molecule has 3 N–H and O–H groups in total. The largest absolute Gasteiger partial charge is 0.478 e. The molecule has 3 nitrogen and oxygen atoms in total. The summed E-state index contributed by atoms with van der Waals surface area (Å²) in [6.45, 7) is 0. The maximum atomic E-state index is 12.7. The lowest BCUT2D eigenvalue weighted by molar-refractivity contribution is -0.139. The van der Waals surface area contributed by atoms with Crippen molar-refractivity contribution in [3.8, 4) is 0 Å². The van der Waals surface area contributed by atoms with Crippen LogP contribution in [0.5, 0.6) is 0 Å². The van der Waals surface area contributed by atoms with Gasteiger partial charge in [0, 0.05) is 4.90 Å². The molecule has 1 aromatic rings. The average Bonchev–Trinajstić information content (AvgIpc) is 2.11. The summed E-state index contributed by atoms with van der Waals surface area (Å²) in [7, 11) is 0. The van der Waals surface area contributed by atoms with Crippen molar-refractivity contribution in [1.82, 2.24) is 0 Å². The summed E-state index contributed by atoms with van der Waals surface area (Å²) >= 11 is 6.24. The Labute approximate surface area is 89.0 Å². The Kier molecular flexibility index (Phi) is 3.60. The highest BCUT2D eigenvalue weighted by molar-refractivity contribution is 8.00. The van der Waals surface area contributed by atoms with Gasteiger partial charge < -0.3 is 10.8 Å². The highest BCUT2D eigenvalue weighted by atomic mass is 35.5. The normalized spacial score (nSPS) is 12.4. The van der Waals surface area contributed by atoms with E-state index < -0.39 is 11.5 Å². The molecule has 1 unspecified atom stereocenters. The standard InChI is InChI=1S/C8H7ClFNO2S/c9-5-3-4(1-2-6(5)11)14-7(10)8(12)13/h1-3,7H,11H2,(H,12,13). The van der Waals surface area contributed by atoms with Crippen molar-refractivity contribution in [3.05, 3.63) is 23.2 Å².